The van der Waals surface area contributed by atoms with Gasteiger partial charge in [-0.2, -0.15) is 0 Å². The number of aliphatic carboxylic acids is 1. The van der Waals surface area contributed by atoms with Crippen molar-refractivity contribution in [3.05, 3.63) is 0 Å². The Labute approximate surface area is 99.4 Å². The first kappa shape index (κ1) is 15.4. The summed E-state index contributed by atoms with van der Waals surface area (Å²) in [6.45, 7) is 5.61. The average molecular weight is 229 g/mol. The molecule has 0 aromatic heterocycles. The summed E-state index contributed by atoms with van der Waals surface area (Å²) in [4.78, 5) is 11.0. The Morgan fingerprint density at radius 3 is 2.19 bits per heavy atom. The molecule has 0 spiro atoms. The molecule has 0 saturated carbocycles. The van der Waals surface area contributed by atoms with Crippen LogP contribution in [0.2, 0.25) is 0 Å². The van der Waals surface area contributed by atoms with Gasteiger partial charge < -0.3 is 10.8 Å². The molecule has 0 aromatic rings. The van der Waals surface area contributed by atoms with Gasteiger partial charge in [-0.1, -0.05) is 45.4 Å². The predicted molar refractivity (Wildman–Crippen MR) is 67.4 cm³/mol. The standard InChI is InChI=1S/C13H27NO2/c1-4-5-6-7-8-9-10-11(14)13(2,3)12(15)16/h11H,4-10,14H2,1-3H3,(H,15,16). The first-order chi connectivity index (χ1) is 7.42. The zero-order chi connectivity index (χ0) is 12.6. The third-order valence-electron chi connectivity index (χ3n) is 3.35. The molecular weight excluding hydrogens is 202 g/mol. The topological polar surface area (TPSA) is 63.3 Å². The zero-order valence-corrected chi connectivity index (χ0v) is 11.0. The molecule has 1 atom stereocenters. The van der Waals surface area contributed by atoms with Crippen LogP contribution >= 0.6 is 0 Å². The molecule has 0 bridgehead atoms. The van der Waals surface area contributed by atoms with Crippen molar-refractivity contribution in [3.8, 4) is 0 Å². The first-order valence-electron chi connectivity index (χ1n) is 6.42. The lowest BCUT2D eigenvalue weighted by atomic mass is 9.82. The number of nitrogens with two attached hydrogens (primary N) is 1. The van der Waals surface area contributed by atoms with Crippen molar-refractivity contribution in [3.63, 3.8) is 0 Å². The van der Waals surface area contributed by atoms with Gasteiger partial charge in [-0.3, -0.25) is 4.79 Å². The summed E-state index contributed by atoms with van der Waals surface area (Å²) in [6.07, 6.45) is 8.11. The number of carboxylic acid groups (broad SMARTS) is 1. The summed E-state index contributed by atoms with van der Waals surface area (Å²) in [5, 5.41) is 9.00. The second kappa shape index (κ2) is 7.66. The number of carboxylic acids is 1. The molecule has 0 aliphatic rings. The van der Waals surface area contributed by atoms with E-state index in [1.54, 1.807) is 13.8 Å². The minimum absolute atomic E-state index is 0.240. The molecule has 0 amide bonds. The van der Waals surface area contributed by atoms with Crippen LogP contribution in [-0.2, 0) is 4.79 Å². The molecule has 0 aromatic carbocycles. The van der Waals surface area contributed by atoms with Crippen LogP contribution in [0.4, 0.5) is 0 Å². The molecule has 0 heterocycles. The molecule has 1 unspecified atom stereocenters. The monoisotopic (exact) mass is 229 g/mol. The molecule has 3 N–H and O–H groups in total. The van der Waals surface area contributed by atoms with Crippen LogP contribution in [0.15, 0.2) is 0 Å². The molecular formula is C13H27NO2. The van der Waals surface area contributed by atoms with Gasteiger partial charge in [0.2, 0.25) is 0 Å². The molecule has 0 saturated heterocycles. The van der Waals surface area contributed by atoms with Gasteiger partial charge in [0.15, 0.2) is 0 Å². The van der Waals surface area contributed by atoms with E-state index < -0.39 is 11.4 Å². The molecule has 16 heavy (non-hydrogen) atoms. The van der Waals surface area contributed by atoms with Crippen LogP contribution in [0.1, 0.15) is 65.7 Å². The van der Waals surface area contributed by atoms with Crippen molar-refractivity contribution in [2.45, 2.75) is 71.8 Å². The second-order valence-electron chi connectivity index (χ2n) is 5.19. The van der Waals surface area contributed by atoms with E-state index in [4.69, 9.17) is 10.8 Å². The van der Waals surface area contributed by atoms with Crippen LogP contribution < -0.4 is 5.73 Å². The van der Waals surface area contributed by atoms with Crippen molar-refractivity contribution in [1.29, 1.82) is 0 Å². The van der Waals surface area contributed by atoms with E-state index in [0.29, 0.717) is 0 Å². The fourth-order valence-electron chi connectivity index (χ4n) is 1.66. The number of rotatable bonds is 9. The van der Waals surface area contributed by atoms with Crippen molar-refractivity contribution in [2.24, 2.45) is 11.1 Å². The van der Waals surface area contributed by atoms with Gasteiger partial charge in [0.05, 0.1) is 5.41 Å². The van der Waals surface area contributed by atoms with Gasteiger partial charge in [0.1, 0.15) is 0 Å². The summed E-state index contributed by atoms with van der Waals surface area (Å²) < 4.78 is 0. The lowest BCUT2D eigenvalue weighted by Crippen LogP contribution is -2.43. The minimum Gasteiger partial charge on any atom is -0.481 e. The number of hydrogen-bond donors (Lipinski definition) is 2. The van der Waals surface area contributed by atoms with Crippen LogP contribution in [0.25, 0.3) is 0 Å². The summed E-state index contributed by atoms with van der Waals surface area (Å²) in [5.41, 5.74) is 5.11. The highest BCUT2D eigenvalue weighted by Gasteiger charge is 2.33. The predicted octanol–water partition coefficient (Wildman–Crippen LogP) is 3.18. The third-order valence-corrected chi connectivity index (χ3v) is 3.35. The maximum Gasteiger partial charge on any atom is 0.310 e. The zero-order valence-electron chi connectivity index (χ0n) is 11.0. The number of unbranched alkanes of at least 4 members (excludes halogenated alkanes) is 5. The second-order valence-corrected chi connectivity index (χ2v) is 5.19. The normalized spacial score (nSPS) is 13.8. The van der Waals surface area contributed by atoms with Crippen LogP contribution in [0, 0.1) is 5.41 Å². The molecule has 0 aliphatic heterocycles. The van der Waals surface area contributed by atoms with E-state index in [1.807, 2.05) is 0 Å². The summed E-state index contributed by atoms with van der Waals surface area (Å²) in [5.74, 6) is -0.800. The van der Waals surface area contributed by atoms with E-state index in [2.05, 4.69) is 6.92 Å². The van der Waals surface area contributed by atoms with Crippen LogP contribution in [0.5, 0.6) is 0 Å². The molecule has 0 rings (SSSR count). The Kier molecular flexibility index (Phi) is 7.39. The SMILES string of the molecule is CCCCCCCCC(N)C(C)(C)C(=O)O. The maximum absolute atomic E-state index is 11.0. The minimum atomic E-state index is -0.802. The van der Waals surface area contributed by atoms with Crippen molar-refractivity contribution in [1.82, 2.24) is 0 Å². The summed E-state index contributed by atoms with van der Waals surface area (Å²) in [6, 6.07) is -0.240. The molecule has 0 fully saturated rings. The Bertz CT molecular complexity index is 202. The third kappa shape index (κ3) is 5.50. The molecule has 3 nitrogen and oxygen atoms in total. The Balaban J connectivity index is 3.65. The van der Waals surface area contributed by atoms with E-state index in [0.717, 1.165) is 12.8 Å². The van der Waals surface area contributed by atoms with E-state index in [9.17, 15) is 4.79 Å². The Morgan fingerprint density at radius 1 is 1.19 bits per heavy atom. The molecule has 96 valence electrons. The molecule has 0 aliphatic carbocycles. The highest BCUT2D eigenvalue weighted by Crippen LogP contribution is 2.23. The Morgan fingerprint density at radius 2 is 1.69 bits per heavy atom. The van der Waals surface area contributed by atoms with Crippen LogP contribution in [0.3, 0.4) is 0 Å². The van der Waals surface area contributed by atoms with Gasteiger partial charge in [-0.15, -0.1) is 0 Å². The van der Waals surface area contributed by atoms with E-state index >= 15 is 0 Å². The van der Waals surface area contributed by atoms with Crippen molar-refractivity contribution < 1.29 is 9.90 Å². The highest BCUT2D eigenvalue weighted by molar-refractivity contribution is 5.74. The van der Waals surface area contributed by atoms with Gasteiger partial charge in [0.25, 0.3) is 0 Å². The largest absolute Gasteiger partial charge is 0.481 e. The first-order valence-corrected chi connectivity index (χ1v) is 6.42. The van der Waals surface area contributed by atoms with Gasteiger partial charge >= 0.3 is 5.97 Å². The summed E-state index contributed by atoms with van der Waals surface area (Å²) in [7, 11) is 0. The highest BCUT2D eigenvalue weighted by atomic mass is 16.4. The number of hydrogen-bond acceptors (Lipinski definition) is 2. The fourth-order valence-corrected chi connectivity index (χ4v) is 1.66. The fraction of sp³-hybridized carbons (Fsp3) is 0.923. The van der Waals surface area contributed by atoms with Crippen molar-refractivity contribution >= 4 is 5.97 Å². The van der Waals surface area contributed by atoms with Crippen molar-refractivity contribution in [2.75, 3.05) is 0 Å². The lowest BCUT2D eigenvalue weighted by molar-refractivity contribution is -0.148. The maximum atomic E-state index is 11.0. The Hall–Kier alpha value is -0.570. The van der Waals surface area contributed by atoms with Crippen LogP contribution in [-0.4, -0.2) is 17.1 Å². The van der Waals surface area contributed by atoms with Gasteiger partial charge in [-0.05, 0) is 20.3 Å². The quantitative estimate of drug-likeness (QED) is 0.597. The summed E-state index contributed by atoms with van der Waals surface area (Å²) >= 11 is 0. The smallest absolute Gasteiger partial charge is 0.310 e. The van der Waals surface area contributed by atoms with E-state index in [-0.39, 0.29) is 6.04 Å². The van der Waals surface area contributed by atoms with Gasteiger partial charge in [0, 0.05) is 6.04 Å². The van der Waals surface area contributed by atoms with Gasteiger partial charge in [-0.25, -0.2) is 0 Å². The number of carbonyl (C=O) groups is 1. The average Bonchev–Trinajstić information content (AvgIpc) is 2.22. The lowest BCUT2D eigenvalue weighted by Gasteiger charge is -2.26. The molecule has 0 radical (unpaired) electrons. The molecule has 3 heteroatoms. The van der Waals surface area contributed by atoms with E-state index in [1.165, 1.54) is 32.1 Å².